The standard InChI is InChI=1S/C22H27FN2S/c1-6-25-20-12-18(23)16(11-17(20)15(2)13-22(25,3)4)14-24-19-9-7-8-10-21(19)26-5/h7-12,14-15H,6,13H2,1-5H3. The fraction of sp³-hybridized carbons (Fsp3) is 0.409. The second kappa shape index (κ2) is 7.43. The molecule has 0 radical (unpaired) electrons. The Balaban J connectivity index is 2.01. The molecule has 0 saturated carbocycles. The van der Waals surface area contributed by atoms with Crippen molar-refractivity contribution in [3.63, 3.8) is 0 Å². The lowest BCUT2D eigenvalue weighted by Crippen LogP contribution is -2.48. The van der Waals surface area contributed by atoms with E-state index in [0.717, 1.165) is 29.2 Å². The van der Waals surface area contributed by atoms with E-state index in [1.165, 1.54) is 5.56 Å². The molecule has 1 unspecified atom stereocenters. The van der Waals surface area contributed by atoms with Crippen molar-refractivity contribution in [3.8, 4) is 0 Å². The van der Waals surface area contributed by atoms with Gasteiger partial charge in [0, 0.05) is 34.4 Å². The molecule has 4 heteroatoms. The SMILES string of the molecule is CCN1c2cc(F)c(C=Nc3ccccc3SC)cc2C(C)CC1(C)C. The molecule has 0 fully saturated rings. The lowest BCUT2D eigenvalue weighted by Gasteiger charge is -2.47. The number of hydrogen-bond acceptors (Lipinski definition) is 3. The second-order valence-corrected chi connectivity index (χ2v) is 8.37. The highest BCUT2D eigenvalue weighted by molar-refractivity contribution is 7.98. The molecule has 3 rings (SSSR count). The smallest absolute Gasteiger partial charge is 0.134 e. The minimum atomic E-state index is -0.211. The van der Waals surface area contributed by atoms with Gasteiger partial charge in [-0.3, -0.25) is 4.99 Å². The Morgan fingerprint density at radius 2 is 2.04 bits per heavy atom. The van der Waals surface area contributed by atoms with Crippen LogP contribution in [0.5, 0.6) is 0 Å². The monoisotopic (exact) mass is 370 g/mol. The first kappa shape index (κ1) is 19.0. The fourth-order valence-electron chi connectivity index (χ4n) is 4.09. The van der Waals surface area contributed by atoms with E-state index in [9.17, 15) is 4.39 Å². The molecule has 0 bridgehead atoms. The molecule has 2 aromatic rings. The summed E-state index contributed by atoms with van der Waals surface area (Å²) in [6, 6.07) is 11.6. The second-order valence-electron chi connectivity index (χ2n) is 7.52. The van der Waals surface area contributed by atoms with Crippen molar-refractivity contribution in [2.24, 2.45) is 4.99 Å². The Bertz CT molecular complexity index is 829. The lowest BCUT2D eigenvalue weighted by atomic mass is 9.79. The first-order chi connectivity index (χ1) is 12.4. The van der Waals surface area contributed by atoms with Crippen LogP contribution in [0.3, 0.4) is 0 Å². The van der Waals surface area contributed by atoms with Gasteiger partial charge < -0.3 is 4.90 Å². The van der Waals surface area contributed by atoms with Crippen molar-refractivity contribution in [1.82, 2.24) is 0 Å². The summed E-state index contributed by atoms with van der Waals surface area (Å²) in [4.78, 5) is 7.96. The molecule has 0 amide bonds. The number of thioether (sulfide) groups is 1. The molecular weight excluding hydrogens is 343 g/mol. The molecule has 1 aliphatic heterocycles. The Morgan fingerprint density at radius 3 is 2.73 bits per heavy atom. The first-order valence-electron chi connectivity index (χ1n) is 9.15. The third kappa shape index (κ3) is 3.52. The van der Waals surface area contributed by atoms with Crippen molar-refractivity contribution < 1.29 is 4.39 Å². The molecule has 0 spiro atoms. The predicted octanol–water partition coefficient (Wildman–Crippen LogP) is 6.41. The van der Waals surface area contributed by atoms with Crippen LogP contribution in [0, 0.1) is 5.82 Å². The molecule has 0 saturated heterocycles. The number of aliphatic imine (C=N–C) groups is 1. The minimum absolute atomic E-state index is 0.0422. The first-order valence-corrected chi connectivity index (χ1v) is 10.4. The van der Waals surface area contributed by atoms with Crippen molar-refractivity contribution in [1.29, 1.82) is 0 Å². The Kier molecular flexibility index (Phi) is 5.42. The number of halogens is 1. The van der Waals surface area contributed by atoms with Crippen LogP contribution in [-0.2, 0) is 0 Å². The van der Waals surface area contributed by atoms with Gasteiger partial charge in [0.2, 0.25) is 0 Å². The highest BCUT2D eigenvalue weighted by atomic mass is 32.2. The number of nitrogens with zero attached hydrogens (tertiary/aromatic N) is 2. The number of anilines is 1. The Hall–Kier alpha value is -1.81. The molecule has 1 atom stereocenters. The van der Waals surface area contributed by atoms with Crippen LogP contribution in [0.2, 0.25) is 0 Å². The maximum atomic E-state index is 14.8. The summed E-state index contributed by atoms with van der Waals surface area (Å²) >= 11 is 1.65. The van der Waals surface area contributed by atoms with E-state index >= 15 is 0 Å². The van der Waals surface area contributed by atoms with Crippen LogP contribution < -0.4 is 4.90 Å². The van der Waals surface area contributed by atoms with Crippen molar-refractivity contribution >= 4 is 29.4 Å². The Labute approximate surface area is 160 Å². The van der Waals surface area contributed by atoms with E-state index in [-0.39, 0.29) is 11.4 Å². The molecule has 0 aliphatic carbocycles. The van der Waals surface area contributed by atoms with Crippen LogP contribution in [0.25, 0.3) is 0 Å². The average molecular weight is 371 g/mol. The molecular formula is C22H27FN2S. The summed E-state index contributed by atoms with van der Waals surface area (Å²) in [7, 11) is 0. The van der Waals surface area contributed by atoms with Crippen LogP contribution in [0.1, 0.15) is 51.2 Å². The number of hydrogen-bond donors (Lipinski definition) is 0. The van der Waals surface area contributed by atoms with Gasteiger partial charge in [0.1, 0.15) is 5.82 Å². The van der Waals surface area contributed by atoms with Crippen LogP contribution >= 0.6 is 11.8 Å². The zero-order valence-electron chi connectivity index (χ0n) is 16.2. The van der Waals surface area contributed by atoms with Crippen LogP contribution in [-0.4, -0.2) is 24.6 Å². The van der Waals surface area contributed by atoms with E-state index in [2.05, 4.69) is 37.6 Å². The molecule has 1 aliphatic rings. The van der Waals surface area contributed by atoms with Gasteiger partial charge in [0.05, 0.1) is 5.69 Å². The van der Waals surface area contributed by atoms with E-state index in [1.807, 2.05) is 36.6 Å². The highest BCUT2D eigenvalue weighted by Crippen LogP contribution is 2.43. The van der Waals surface area contributed by atoms with Gasteiger partial charge in [-0.25, -0.2) is 4.39 Å². The quantitative estimate of drug-likeness (QED) is 0.456. The summed E-state index contributed by atoms with van der Waals surface area (Å²) in [5, 5.41) is 0. The fourth-order valence-corrected chi connectivity index (χ4v) is 4.64. The summed E-state index contributed by atoms with van der Waals surface area (Å²) in [5.74, 6) is 0.187. The van der Waals surface area contributed by atoms with Gasteiger partial charge in [-0.15, -0.1) is 11.8 Å². The summed E-state index contributed by atoms with van der Waals surface area (Å²) < 4.78 is 14.8. The number of fused-ring (bicyclic) bond motifs is 1. The van der Waals surface area contributed by atoms with Crippen molar-refractivity contribution in [3.05, 3.63) is 53.3 Å². The lowest BCUT2D eigenvalue weighted by molar-refractivity contribution is 0.380. The summed E-state index contributed by atoms with van der Waals surface area (Å²) in [6.45, 7) is 9.72. The number of para-hydroxylation sites is 1. The van der Waals surface area contributed by atoms with Gasteiger partial charge in [0.25, 0.3) is 0 Å². The maximum Gasteiger partial charge on any atom is 0.134 e. The van der Waals surface area contributed by atoms with E-state index in [4.69, 9.17) is 0 Å². The zero-order chi connectivity index (χ0) is 18.9. The molecule has 138 valence electrons. The van der Waals surface area contributed by atoms with E-state index in [0.29, 0.717) is 11.5 Å². The minimum Gasteiger partial charge on any atom is -0.366 e. The van der Waals surface area contributed by atoms with E-state index < -0.39 is 0 Å². The third-order valence-corrected chi connectivity index (χ3v) is 6.03. The van der Waals surface area contributed by atoms with Gasteiger partial charge in [-0.1, -0.05) is 19.1 Å². The topological polar surface area (TPSA) is 15.6 Å². The number of benzene rings is 2. The van der Waals surface area contributed by atoms with Crippen LogP contribution in [0.15, 0.2) is 46.3 Å². The van der Waals surface area contributed by atoms with Crippen LogP contribution in [0.4, 0.5) is 15.8 Å². The van der Waals surface area contributed by atoms with Gasteiger partial charge in [0.15, 0.2) is 0 Å². The van der Waals surface area contributed by atoms with Gasteiger partial charge in [-0.2, -0.15) is 0 Å². The zero-order valence-corrected chi connectivity index (χ0v) is 17.0. The van der Waals surface area contributed by atoms with Gasteiger partial charge >= 0.3 is 0 Å². The summed E-state index contributed by atoms with van der Waals surface area (Å²) in [5.41, 5.74) is 3.71. The molecule has 26 heavy (non-hydrogen) atoms. The largest absolute Gasteiger partial charge is 0.366 e. The molecule has 2 aromatic carbocycles. The Morgan fingerprint density at radius 1 is 1.31 bits per heavy atom. The number of rotatable bonds is 4. The molecule has 0 N–H and O–H groups in total. The summed E-state index contributed by atoms with van der Waals surface area (Å²) in [6.07, 6.45) is 4.75. The van der Waals surface area contributed by atoms with E-state index in [1.54, 1.807) is 24.0 Å². The molecule has 1 heterocycles. The third-order valence-electron chi connectivity index (χ3n) is 5.25. The normalized spacial score (nSPS) is 19.0. The average Bonchev–Trinajstić information content (AvgIpc) is 2.60. The predicted molar refractivity (Wildman–Crippen MR) is 112 cm³/mol. The molecule has 0 aromatic heterocycles. The van der Waals surface area contributed by atoms with Gasteiger partial charge in [-0.05, 0) is 69.2 Å². The highest BCUT2D eigenvalue weighted by Gasteiger charge is 2.36. The maximum absolute atomic E-state index is 14.8. The molecule has 2 nitrogen and oxygen atoms in total. The van der Waals surface area contributed by atoms with Crippen molar-refractivity contribution in [2.45, 2.75) is 50.5 Å². The van der Waals surface area contributed by atoms with Crippen molar-refractivity contribution in [2.75, 3.05) is 17.7 Å².